The first kappa shape index (κ1) is 13.2. The van der Waals surface area contributed by atoms with E-state index >= 15 is 0 Å². The van der Waals surface area contributed by atoms with E-state index in [0.717, 1.165) is 26.7 Å². The number of hydrogen-bond acceptors (Lipinski definition) is 4. The van der Waals surface area contributed by atoms with Gasteiger partial charge in [-0.05, 0) is 52.3 Å². The molecule has 0 spiro atoms. The second-order valence-electron chi connectivity index (χ2n) is 3.58. The Kier molecular flexibility index (Phi) is 4.90. The minimum absolute atomic E-state index is 0.645. The van der Waals surface area contributed by atoms with Gasteiger partial charge in [-0.25, -0.2) is 4.98 Å². The molecule has 0 saturated heterocycles. The maximum absolute atomic E-state index is 5.60. The van der Waals surface area contributed by atoms with Crippen molar-refractivity contribution in [3.05, 3.63) is 47.1 Å². The monoisotopic (exact) mass is 324 g/mol. The summed E-state index contributed by atoms with van der Waals surface area (Å²) < 4.78 is 6.58. The maximum atomic E-state index is 5.60. The Balaban J connectivity index is 1.73. The van der Waals surface area contributed by atoms with Crippen LogP contribution < -0.4 is 10.5 Å². The van der Waals surface area contributed by atoms with Crippen LogP contribution in [-0.2, 0) is 0 Å². The number of ether oxygens (including phenoxy) is 1. The Morgan fingerprint density at radius 1 is 1.17 bits per heavy atom. The standard InChI is InChI=1S/C13H13BrN2OS/c14-10-1-6-13(16-9-10)18-8-7-17-12-4-2-11(15)3-5-12/h1-6,9H,7-8,15H2. The summed E-state index contributed by atoms with van der Waals surface area (Å²) >= 11 is 5.03. The maximum Gasteiger partial charge on any atom is 0.119 e. The highest BCUT2D eigenvalue weighted by molar-refractivity contribution is 9.10. The average Bonchev–Trinajstić information content (AvgIpc) is 2.39. The molecule has 2 N–H and O–H groups in total. The van der Waals surface area contributed by atoms with E-state index in [9.17, 15) is 0 Å². The number of nitrogen functional groups attached to an aromatic ring is 1. The SMILES string of the molecule is Nc1ccc(OCCSc2ccc(Br)cn2)cc1. The van der Waals surface area contributed by atoms with Crippen molar-refractivity contribution < 1.29 is 4.74 Å². The Bertz CT molecular complexity index is 440. The molecule has 0 aliphatic rings. The van der Waals surface area contributed by atoms with Gasteiger partial charge in [0, 0.05) is 22.1 Å². The summed E-state index contributed by atoms with van der Waals surface area (Å²) in [6, 6.07) is 11.4. The fraction of sp³-hybridized carbons (Fsp3) is 0.154. The van der Waals surface area contributed by atoms with Gasteiger partial charge in [-0.15, -0.1) is 11.8 Å². The molecule has 0 fully saturated rings. The van der Waals surface area contributed by atoms with Crippen LogP contribution in [0.4, 0.5) is 5.69 Å². The van der Waals surface area contributed by atoms with E-state index in [1.165, 1.54) is 0 Å². The molecule has 3 nitrogen and oxygen atoms in total. The quantitative estimate of drug-likeness (QED) is 0.518. The third-order valence-corrected chi connectivity index (χ3v) is 3.56. The molecule has 2 rings (SSSR count). The van der Waals surface area contributed by atoms with Gasteiger partial charge in [-0.1, -0.05) is 0 Å². The van der Waals surface area contributed by atoms with E-state index in [0.29, 0.717) is 6.61 Å². The molecule has 0 saturated carbocycles. The first-order chi connectivity index (χ1) is 8.74. The van der Waals surface area contributed by atoms with Gasteiger partial charge in [-0.3, -0.25) is 0 Å². The number of rotatable bonds is 5. The van der Waals surface area contributed by atoms with Crippen LogP contribution in [0.15, 0.2) is 52.1 Å². The van der Waals surface area contributed by atoms with Gasteiger partial charge in [0.05, 0.1) is 11.6 Å². The number of hydrogen-bond donors (Lipinski definition) is 1. The third-order valence-electron chi connectivity index (χ3n) is 2.18. The minimum atomic E-state index is 0.645. The topological polar surface area (TPSA) is 48.1 Å². The number of pyridine rings is 1. The highest BCUT2D eigenvalue weighted by Gasteiger charge is 1.97. The average molecular weight is 325 g/mol. The molecule has 2 aromatic rings. The molecule has 1 aromatic carbocycles. The molecule has 94 valence electrons. The lowest BCUT2D eigenvalue weighted by molar-refractivity contribution is 0.344. The molecule has 0 unspecified atom stereocenters. The first-order valence-electron chi connectivity index (χ1n) is 5.47. The van der Waals surface area contributed by atoms with Gasteiger partial charge in [0.15, 0.2) is 0 Å². The molecule has 0 aliphatic carbocycles. The molecule has 0 atom stereocenters. The fourth-order valence-corrected chi connectivity index (χ4v) is 2.22. The zero-order valence-electron chi connectivity index (χ0n) is 9.67. The zero-order valence-corrected chi connectivity index (χ0v) is 12.1. The highest BCUT2D eigenvalue weighted by Crippen LogP contribution is 2.18. The van der Waals surface area contributed by atoms with Crippen LogP contribution in [0, 0.1) is 0 Å². The molecule has 5 heteroatoms. The van der Waals surface area contributed by atoms with Crippen LogP contribution in [0.5, 0.6) is 5.75 Å². The summed E-state index contributed by atoms with van der Waals surface area (Å²) in [4.78, 5) is 4.28. The van der Waals surface area contributed by atoms with Crippen LogP contribution in [0.25, 0.3) is 0 Å². The lowest BCUT2D eigenvalue weighted by atomic mass is 10.3. The molecule has 1 heterocycles. The minimum Gasteiger partial charge on any atom is -0.493 e. The fourth-order valence-electron chi connectivity index (χ4n) is 1.32. The third kappa shape index (κ3) is 4.23. The number of halogens is 1. The van der Waals surface area contributed by atoms with Gasteiger partial charge in [0.1, 0.15) is 5.75 Å². The zero-order chi connectivity index (χ0) is 12.8. The van der Waals surface area contributed by atoms with Crippen LogP contribution in [-0.4, -0.2) is 17.3 Å². The Hall–Kier alpha value is -1.20. The van der Waals surface area contributed by atoms with Crippen molar-refractivity contribution >= 4 is 33.4 Å². The number of nitrogens with zero attached hydrogens (tertiary/aromatic N) is 1. The summed E-state index contributed by atoms with van der Waals surface area (Å²) in [5, 5.41) is 0.999. The van der Waals surface area contributed by atoms with E-state index in [-0.39, 0.29) is 0 Å². The second-order valence-corrected chi connectivity index (χ2v) is 5.61. The van der Waals surface area contributed by atoms with Crippen molar-refractivity contribution in [1.82, 2.24) is 4.98 Å². The van der Waals surface area contributed by atoms with Crippen molar-refractivity contribution in [1.29, 1.82) is 0 Å². The van der Waals surface area contributed by atoms with Crippen molar-refractivity contribution in [2.45, 2.75) is 5.03 Å². The molecule has 0 bridgehead atoms. The van der Waals surface area contributed by atoms with Crippen LogP contribution in [0.3, 0.4) is 0 Å². The molecule has 0 amide bonds. The van der Waals surface area contributed by atoms with E-state index in [2.05, 4.69) is 20.9 Å². The number of benzene rings is 1. The molecule has 0 aliphatic heterocycles. The second kappa shape index (κ2) is 6.66. The number of thioether (sulfide) groups is 1. The Labute approximate surface area is 119 Å². The summed E-state index contributed by atoms with van der Waals surface area (Å²) in [5.41, 5.74) is 6.34. The normalized spacial score (nSPS) is 10.3. The van der Waals surface area contributed by atoms with Gasteiger partial charge >= 0.3 is 0 Å². The van der Waals surface area contributed by atoms with Crippen molar-refractivity contribution in [3.8, 4) is 5.75 Å². The smallest absolute Gasteiger partial charge is 0.119 e. The first-order valence-corrected chi connectivity index (χ1v) is 7.24. The molecular formula is C13H13BrN2OS. The number of aromatic nitrogens is 1. The molecular weight excluding hydrogens is 312 g/mol. The lowest BCUT2D eigenvalue weighted by Crippen LogP contribution is -2.00. The van der Waals surface area contributed by atoms with Gasteiger partial charge in [0.2, 0.25) is 0 Å². The van der Waals surface area contributed by atoms with Gasteiger partial charge in [-0.2, -0.15) is 0 Å². The lowest BCUT2D eigenvalue weighted by Gasteiger charge is -2.05. The summed E-state index contributed by atoms with van der Waals surface area (Å²) in [7, 11) is 0. The summed E-state index contributed by atoms with van der Waals surface area (Å²) in [6.07, 6.45) is 1.79. The van der Waals surface area contributed by atoms with Crippen molar-refractivity contribution in [2.75, 3.05) is 18.1 Å². The van der Waals surface area contributed by atoms with E-state index in [1.54, 1.807) is 18.0 Å². The summed E-state index contributed by atoms with van der Waals surface area (Å²) in [6.45, 7) is 0.645. The highest BCUT2D eigenvalue weighted by atomic mass is 79.9. The van der Waals surface area contributed by atoms with E-state index in [1.807, 2.05) is 36.4 Å². The number of nitrogens with two attached hydrogens (primary N) is 1. The summed E-state index contributed by atoms with van der Waals surface area (Å²) in [5.74, 6) is 1.70. The van der Waals surface area contributed by atoms with Crippen LogP contribution >= 0.6 is 27.7 Å². The van der Waals surface area contributed by atoms with Gasteiger partial charge in [0.25, 0.3) is 0 Å². The van der Waals surface area contributed by atoms with E-state index < -0.39 is 0 Å². The van der Waals surface area contributed by atoms with Crippen molar-refractivity contribution in [2.24, 2.45) is 0 Å². The molecule has 0 radical (unpaired) electrons. The largest absolute Gasteiger partial charge is 0.493 e. The predicted molar refractivity (Wildman–Crippen MR) is 79.0 cm³/mol. The predicted octanol–water partition coefficient (Wildman–Crippen LogP) is 3.60. The van der Waals surface area contributed by atoms with Crippen molar-refractivity contribution in [3.63, 3.8) is 0 Å². The number of anilines is 1. The van der Waals surface area contributed by atoms with Crippen LogP contribution in [0.2, 0.25) is 0 Å². The molecule has 1 aromatic heterocycles. The van der Waals surface area contributed by atoms with Gasteiger partial charge < -0.3 is 10.5 Å². The van der Waals surface area contributed by atoms with E-state index in [4.69, 9.17) is 10.5 Å². The Morgan fingerprint density at radius 2 is 1.94 bits per heavy atom. The Morgan fingerprint density at radius 3 is 2.61 bits per heavy atom. The van der Waals surface area contributed by atoms with Crippen LogP contribution in [0.1, 0.15) is 0 Å². The molecule has 18 heavy (non-hydrogen) atoms.